The number of nitrogens with zero attached hydrogens (tertiary/aromatic N) is 1. The van der Waals surface area contributed by atoms with Crippen LogP contribution in [0.3, 0.4) is 0 Å². The van der Waals surface area contributed by atoms with Crippen LogP contribution in [0.2, 0.25) is 0 Å². The molecule has 3 aliphatic heterocycles. The third-order valence-corrected chi connectivity index (χ3v) is 19.2. The Labute approximate surface area is 488 Å². The molecule has 16 heteroatoms. The molecule has 444 valence electrons. The summed E-state index contributed by atoms with van der Waals surface area (Å²) in [4.78, 5) is 33.9. The number of phenols is 1. The van der Waals surface area contributed by atoms with Crippen LogP contribution in [0.1, 0.15) is 149 Å². The highest BCUT2D eigenvalue weighted by Gasteiger charge is 2.64. The minimum Gasteiger partial charge on any atom is -0.508 e. The number of aliphatic imine (C=N–C) groups is 1. The van der Waals surface area contributed by atoms with Crippen molar-refractivity contribution in [1.82, 2.24) is 10.6 Å². The summed E-state index contributed by atoms with van der Waals surface area (Å²) in [5.74, 6) is 1.33. The van der Waals surface area contributed by atoms with Gasteiger partial charge in [0.1, 0.15) is 24.6 Å². The summed E-state index contributed by atoms with van der Waals surface area (Å²) < 4.78 is 6.25. The number of rotatable bonds is 5. The van der Waals surface area contributed by atoms with Crippen LogP contribution in [0.4, 0.5) is 0 Å². The van der Waals surface area contributed by atoms with Crippen molar-refractivity contribution < 1.29 is 50.1 Å². The molecule has 0 aromatic heterocycles. The molecular weight excluding hydrogens is 1050 g/mol. The largest absolute Gasteiger partial charge is 0.508 e. The summed E-state index contributed by atoms with van der Waals surface area (Å²) in [6, 6.07) is 19.0. The number of ether oxygens (including phenoxy) is 1. The van der Waals surface area contributed by atoms with Crippen molar-refractivity contribution in [3.63, 3.8) is 0 Å². The number of nitrogens with two attached hydrogens (primary N) is 3. The Balaban J connectivity index is 1.12. The Bertz CT molecular complexity index is 3120. The van der Waals surface area contributed by atoms with Gasteiger partial charge in [-0.05, 0) is 166 Å². The fourth-order valence-corrected chi connectivity index (χ4v) is 14.7. The first-order chi connectivity index (χ1) is 39.7. The van der Waals surface area contributed by atoms with Crippen LogP contribution < -0.4 is 27.8 Å². The molecule has 3 heterocycles. The van der Waals surface area contributed by atoms with Crippen molar-refractivity contribution in [1.29, 1.82) is 0 Å². The molecule has 2 bridgehead atoms. The van der Waals surface area contributed by atoms with Gasteiger partial charge in [-0.2, -0.15) is 0 Å². The molecule has 3 aliphatic carbocycles. The molecule has 83 heavy (non-hydrogen) atoms. The lowest BCUT2D eigenvalue weighted by atomic mass is 9.52. The molecule has 1 spiro atoms. The predicted molar refractivity (Wildman–Crippen MR) is 320 cm³/mol. The number of carbonyl (C=O) groups excluding carboxylic acids is 2. The van der Waals surface area contributed by atoms with Gasteiger partial charge < -0.3 is 63.0 Å². The van der Waals surface area contributed by atoms with Crippen LogP contribution in [0.15, 0.2) is 129 Å². The Morgan fingerprint density at radius 1 is 0.904 bits per heavy atom. The number of aromatic hydroxyl groups is 1. The van der Waals surface area contributed by atoms with E-state index in [-0.39, 0.29) is 75.9 Å². The molecule has 3 aromatic carbocycles. The van der Waals surface area contributed by atoms with Gasteiger partial charge in [0.2, 0.25) is 5.91 Å². The fraction of sp³-hybridized carbons (Fsp3) is 0.507. The van der Waals surface area contributed by atoms with E-state index in [9.17, 15) is 40.5 Å². The van der Waals surface area contributed by atoms with E-state index in [1.807, 2.05) is 74.5 Å². The number of Topliss-reactive ketones (excluding diaryl/α,β-unsaturated/α-hetero) is 1. The Morgan fingerprint density at radius 3 is 2.39 bits per heavy atom. The van der Waals surface area contributed by atoms with E-state index in [0.29, 0.717) is 66.4 Å². The molecular formula is C67H86N6O10. The highest BCUT2D eigenvalue weighted by molar-refractivity contribution is 5.98. The first kappa shape index (κ1) is 61.3. The molecule has 3 saturated carbocycles. The van der Waals surface area contributed by atoms with Crippen LogP contribution in [0.5, 0.6) is 5.75 Å². The van der Waals surface area contributed by atoms with E-state index >= 15 is 4.79 Å². The Kier molecular flexibility index (Phi) is 19.5. The number of allylic oxidation sites excluding steroid dienone is 6. The first-order valence-electron chi connectivity index (χ1n) is 29.7. The first-order valence-corrected chi connectivity index (χ1v) is 29.7. The third-order valence-electron chi connectivity index (χ3n) is 19.2. The lowest BCUT2D eigenvalue weighted by Crippen LogP contribution is -2.59. The van der Waals surface area contributed by atoms with E-state index in [0.717, 1.165) is 64.7 Å². The van der Waals surface area contributed by atoms with Crippen molar-refractivity contribution in [2.75, 3.05) is 26.3 Å². The summed E-state index contributed by atoms with van der Waals surface area (Å²) in [6.45, 7) is 5.83. The van der Waals surface area contributed by atoms with Gasteiger partial charge in [0.15, 0.2) is 17.5 Å². The number of hydrogen-bond acceptors (Lipinski definition) is 13. The van der Waals surface area contributed by atoms with E-state index in [1.165, 1.54) is 0 Å². The second-order valence-corrected chi connectivity index (χ2v) is 24.5. The fourth-order valence-electron chi connectivity index (χ4n) is 14.7. The number of ketones is 1. The average molecular weight is 1140 g/mol. The molecule has 16 nitrogen and oxygen atoms in total. The molecule has 3 fully saturated rings. The molecule has 11 atom stereocenters. The van der Waals surface area contributed by atoms with E-state index in [1.54, 1.807) is 37.3 Å². The number of carbonyl (C=O) groups is 2. The molecule has 6 aliphatic rings. The number of aliphatic hydroxyl groups excluding tert-OH is 3. The van der Waals surface area contributed by atoms with E-state index < -0.39 is 76.9 Å². The number of hydrogen-bond donors (Lipinski definition) is 12. The topological polar surface area (TPSA) is 299 Å². The number of benzene rings is 3. The van der Waals surface area contributed by atoms with Crippen molar-refractivity contribution >= 4 is 17.6 Å². The standard InChI is InChI=1S/C67H86N6O10/c1-40-11-6-7-32-83-39-47(17-10-19-55(45-14-4-5-15-45)67(81,82)31-26-40)51-28-30-66(61(51)78)56-25-24-49(75)34-42-12-8-13-43(33-42)35-53(54(37-72-64(69)70)44-20-22-48(74)23-21-44)58(77)38-71-60-59-46(16-9-18-52(59)62(68)73-63(60)79)36-57(76)41(2)50(56)27-29-65(66,3)80/h8-10,12-13,16-23,26,33,49,51,53-54,56,58,60-62,71,74-75,77-78,80-82H,4-5,11,14-15,24-25,27-32,34-39,68H2,1-3H3,(H,73,79)(H4,69,70,72)/b19-10+,40-26+,47-17-,50-41?/t49-,51+,53+,54+,56+,58+,60+,61+,62+,65+,66+/m0/s1. The number of phenolic OH excluding ortho intramolecular Hbond substituents is 1. The summed E-state index contributed by atoms with van der Waals surface area (Å²) in [6.07, 6.45) is 9.85. The zero-order valence-corrected chi connectivity index (χ0v) is 48.3. The zero-order chi connectivity index (χ0) is 59.2. The minimum atomic E-state index is -2.11. The van der Waals surface area contributed by atoms with Gasteiger partial charge in [-0.25, -0.2) is 0 Å². The lowest BCUT2D eigenvalue weighted by molar-refractivity contribution is -0.168. The number of fused-ring (bicyclic) bond motifs is 4. The summed E-state index contributed by atoms with van der Waals surface area (Å²) in [5, 5.41) is 90.8. The van der Waals surface area contributed by atoms with Crippen LogP contribution >= 0.6 is 0 Å². The second kappa shape index (κ2) is 26.4. The van der Waals surface area contributed by atoms with Crippen LogP contribution in [0, 0.1) is 35.0 Å². The van der Waals surface area contributed by atoms with Gasteiger partial charge >= 0.3 is 0 Å². The van der Waals surface area contributed by atoms with E-state index in [4.69, 9.17) is 21.9 Å². The second-order valence-electron chi connectivity index (χ2n) is 24.5. The normalized spacial score (nSPS) is 32.4. The SMILES string of the molecule is CC1=C2CC[C@@](C)(O)[C@]3(CC[C@H](/C4=C\C=C\C(=C5CCCC5)C(O)(O)C/C=C(\C)CC#CCOC4)[C@H]3O)[C@@H]2CC[C@H](O)Cc2cccc(c2)C[C@H]([C@H](CN=C(N)N)c2ccc(O)cc2)[C@H](O)CN[C@H]2C(=O)N[C@@H](N)c3cccc(c32)CC1=O. The molecule has 0 unspecified atom stereocenters. The molecule has 3 aromatic rings. The van der Waals surface area contributed by atoms with Crippen molar-refractivity contribution in [2.45, 2.75) is 165 Å². The average Bonchev–Trinajstić information content (AvgIpc) is 2.01. The number of β-amino-alcohol motifs (C(OH)–C–C–N with tert-alkyl or cyclic N) is 1. The van der Waals surface area contributed by atoms with Crippen molar-refractivity contribution in [3.05, 3.63) is 158 Å². The monoisotopic (exact) mass is 1130 g/mol. The van der Waals surface area contributed by atoms with Crippen LogP contribution in [-0.4, -0.2) is 109 Å². The maximum atomic E-state index is 15.2. The summed E-state index contributed by atoms with van der Waals surface area (Å²) >= 11 is 0. The maximum absolute atomic E-state index is 15.2. The third kappa shape index (κ3) is 13.7. The lowest BCUT2D eigenvalue weighted by Gasteiger charge is -2.56. The highest BCUT2D eigenvalue weighted by atomic mass is 16.5. The maximum Gasteiger partial charge on any atom is 0.243 e. The van der Waals surface area contributed by atoms with Crippen molar-refractivity contribution in [3.8, 4) is 17.6 Å². The molecule has 15 N–H and O–H groups in total. The van der Waals surface area contributed by atoms with Gasteiger partial charge in [0, 0.05) is 55.2 Å². The summed E-state index contributed by atoms with van der Waals surface area (Å²) in [7, 11) is 0. The number of guanidine groups is 1. The van der Waals surface area contributed by atoms with E-state index in [2.05, 4.69) is 27.5 Å². The van der Waals surface area contributed by atoms with Gasteiger partial charge in [0.05, 0.1) is 30.5 Å². The number of aliphatic hydroxyl groups is 6. The molecule has 1 amide bonds. The number of nitrogens with one attached hydrogen (secondary N) is 2. The summed E-state index contributed by atoms with van der Waals surface area (Å²) in [5.41, 5.74) is 24.5. The molecule has 0 saturated heterocycles. The zero-order valence-electron chi connectivity index (χ0n) is 48.3. The molecule has 9 rings (SSSR count). The minimum absolute atomic E-state index is 0.00412. The predicted octanol–water partition coefficient (Wildman–Crippen LogP) is 6.22. The molecule has 0 radical (unpaired) electrons. The number of amides is 1. The van der Waals surface area contributed by atoms with Gasteiger partial charge in [-0.3, -0.25) is 19.9 Å². The van der Waals surface area contributed by atoms with Crippen LogP contribution in [-0.2, 0) is 33.6 Å². The van der Waals surface area contributed by atoms with Gasteiger partial charge in [0.25, 0.3) is 0 Å². The Morgan fingerprint density at radius 2 is 1.64 bits per heavy atom. The van der Waals surface area contributed by atoms with Crippen molar-refractivity contribution in [2.24, 2.45) is 45.4 Å². The quantitative estimate of drug-likeness (QED) is 0.0444. The highest BCUT2D eigenvalue weighted by Crippen LogP contribution is 2.63. The van der Waals surface area contributed by atoms with Gasteiger partial charge in [-0.1, -0.05) is 107 Å². The van der Waals surface area contributed by atoms with Gasteiger partial charge in [-0.15, -0.1) is 0 Å². The smallest absolute Gasteiger partial charge is 0.243 e. The van der Waals surface area contributed by atoms with Crippen LogP contribution in [0.25, 0.3) is 0 Å². The Hall–Kier alpha value is -6.23.